The van der Waals surface area contributed by atoms with Crippen LogP contribution in [0.2, 0.25) is 10.0 Å². The molecular weight excluding hydrogens is 456 g/mol. The molecule has 0 radical (unpaired) electrons. The van der Waals surface area contributed by atoms with Crippen molar-refractivity contribution < 1.29 is 18.8 Å². The van der Waals surface area contributed by atoms with Crippen molar-refractivity contribution in [2.24, 2.45) is 5.92 Å². The van der Waals surface area contributed by atoms with Gasteiger partial charge in [-0.1, -0.05) is 55.2 Å². The van der Waals surface area contributed by atoms with E-state index in [0.29, 0.717) is 36.8 Å². The Bertz CT molecular complexity index is 1020. The Hall–Kier alpha value is -2.64. The lowest BCUT2D eigenvalue weighted by Gasteiger charge is -2.37. The van der Waals surface area contributed by atoms with Crippen molar-refractivity contribution in [2.45, 2.75) is 19.9 Å². The molecule has 2 aromatic rings. The zero-order valence-electron chi connectivity index (χ0n) is 17.8. The molecular formula is C23H24Cl2FN3O3. The Kier molecular flexibility index (Phi) is 7.74. The molecule has 6 nitrogen and oxygen atoms in total. The molecule has 9 heteroatoms. The maximum absolute atomic E-state index is 13.9. The summed E-state index contributed by atoms with van der Waals surface area (Å²) < 4.78 is 13.9. The zero-order valence-corrected chi connectivity index (χ0v) is 19.3. The highest BCUT2D eigenvalue weighted by molar-refractivity contribution is 6.43. The lowest BCUT2D eigenvalue weighted by molar-refractivity contribution is -0.135. The van der Waals surface area contributed by atoms with Crippen LogP contribution >= 0.6 is 23.2 Å². The van der Waals surface area contributed by atoms with Crippen molar-refractivity contribution >= 4 is 40.9 Å². The third-order valence-corrected chi connectivity index (χ3v) is 6.22. The predicted molar refractivity (Wildman–Crippen MR) is 121 cm³/mol. The van der Waals surface area contributed by atoms with E-state index in [4.69, 9.17) is 23.2 Å². The Morgan fingerprint density at radius 2 is 1.50 bits per heavy atom. The Balaban J connectivity index is 1.65. The number of amides is 3. The molecule has 1 aliphatic rings. The van der Waals surface area contributed by atoms with Gasteiger partial charge < -0.3 is 15.1 Å². The molecule has 170 valence electrons. The van der Waals surface area contributed by atoms with Gasteiger partial charge in [0.2, 0.25) is 5.91 Å². The van der Waals surface area contributed by atoms with Crippen LogP contribution in [0, 0.1) is 11.7 Å². The minimum Gasteiger partial charge on any atom is -0.340 e. The van der Waals surface area contributed by atoms with Gasteiger partial charge in [-0.2, -0.15) is 0 Å². The summed E-state index contributed by atoms with van der Waals surface area (Å²) in [6, 6.07) is 9.70. The van der Waals surface area contributed by atoms with Gasteiger partial charge in [-0.3, -0.25) is 14.4 Å². The topological polar surface area (TPSA) is 69.7 Å². The van der Waals surface area contributed by atoms with Crippen molar-refractivity contribution in [2.75, 3.05) is 26.2 Å². The number of rotatable bonds is 5. The molecule has 1 atom stereocenters. The number of halogens is 3. The Morgan fingerprint density at radius 1 is 0.906 bits per heavy atom. The van der Waals surface area contributed by atoms with E-state index in [1.807, 2.05) is 13.8 Å². The normalized spacial score (nSPS) is 14.9. The molecule has 32 heavy (non-hydrogen) atoms. The summed E-state index contributed by atoms with van der Waals surface area (Å²) >= 11 is 12.2. The fraction of sp³-hybridized carbons (Fsp3) is 0.348. The summed E-state index contributed by atoms with van der Waals surface area (Å²) in [6.07, 6.45) is 0. The van der Waals surface area contributed by atoms with Gasteiger partial charge in [0, 0.05) is 26.2 Å². The van der Waals surface area contributed by atoms with E-state index in [2.05, 4.69) is 5.32 Å². The summed E-state index contributed by atoms with van der Waals surface area (Å²) in [4.78, 5) is 41.7. The third-order valence-electron chi connectivity index (χ3n) is 5.40. The van der Waals surface area contributed by atoms with E-state index in [-0.39, 0.29) is 28.3 Å². The van der Waals surface area contributed by atoms with Gasteiger partial charge in [0.25, 0.3) is 11.8 Å². The van der Waals surface area contributed by atoms with Crippen LogP contribution in [0.15, 0.2) is 42.5 Å². The number of benzene rings is 2. The molecule has 1 heterocycles. The van der Waals surface area contributed by atoms with Crippen molar-refractivity contribution in [3.05, 3.63) is 69.5 Å². The van der Waals surface area contributed by atoms with Crippen LogP contribution in [-0.2, 0) is 4.79 Å². The Labute approximate surface area is 196 Å². The molecule has 0 aromatic heterocycles. The molecule has 1 aliphatic heterocycles. The van der Waals surface area contributed by atoms with Crippen LogP contribution < -0.4 is 5.32 Å². The first-order chi connectivity index (χ1) is 15.2. The highest BCUT2D eigenvalue weighted by Gasteiger charge is 2.32. The van der Waals surface area contributed by atoms with Crippen molar-refractivity contribution in [3.8, 4) is 0 Å². The van der Waals surface area contributed by atoms with Crippen LogP contribution in [0.4, 0.5) is 4.39 Å². The number of hydrogen-bond donors (Lipinski definition) is 1. The van der Waals surface area contributed by atoms with Gasteiger partial charge in [-0.15, -0.1) is 0 Å². The second-order valence-electron chi connectivity index (χ2n) is 7.89. The fourth-order valence-electron chi connectivity index (χ4n) is 3.54. The van der Waals surface area contributed by atoms with E-state index in [0.717, 1.165) is 0 Å². The van der Waals surface area contributed by atoms with E-state index >= 15 is 0 Å². The highest BCUT2D eigenvalue weighted by Crippen LogP contribution is 2.27. The fourth-order valence-corrected chi connectivity index (χ4v) is 3.93. The molecule has 1 fully saturated rings. The first kappa shape index (κ1) is 24.0. The van der Waals surface area contributed by atoms with E-state index in [1.165, 1.54) is 18.2 Å². The Morgan fingerprint density at radius 3 is 2.12 bits per heavy atom. The second-order valence-corrected chi connectivity index (χ2v) is 8.68. The molecule has 1 saturated heterocycles. The smallest absolute Gasteiger partial charge is 0.255 e. The molecule has 0 bridgehead atoms. The number of nitrogens with one attached hydrogen (secondary N) is 1. The van der Waals surface area contributed by atoms with Gasteiger partial charge in [0.05, 0.1) is 21.2 Å². The minimum atomic E-state index is -0.813. The van der Waals surface area contributed by atoms with Crippen LogP contribution in [-0.4, -0.2) is 59.7 Å². The van der Waals surface area contributed by atoms with Crippen molar-refractivity contribution in [1.82, 2.24) is 15.1 Å². The molecule has 1 unspecified atom stereocenters. The minimum absolute atomic E-state index is 0.111. The van der Waals surface area contributed by atoms with Crippen LogP contribution in [0.3, 0.4) is 0 Å². The molecule has 0 spiro atoms. The summed E-state index contributed by atoms with van der Waals surface area (Å²) in [5, 5.41) is 3.17. The summed E-state index contributed by atoms with van der Waals surface area (Å²) in [5.41, 5.74) is 0.205. The molecule has 3 amide bonds. The highest BCUT2D eigenvalue weighted by atomic mass is 35.5. The average molecular weight is 480 g/mol. The van der Waals surface area contributed by atoms with Gasteiger partial charge in [-0.25, -0.2) is 4.39 Å². The number of hydrogen-bond acceptors (Lipinski definition) is 3. The van der Waals surface area contributed by atoms with Gasteiger partial charge >= 0.3 is 0 Å². The number of carbonyl (C=O) groups is 3. The van der Waals surface area contributed by atoms with Gasteiger partial charge in [0.1, 0.15) is 11.9 Å². The molecule has 0 aliphatic carbocycles. The third kappa shape index (κ3) is 5.22. The maximum Gasteiger partial charge on any atom is 0.255 e. The van der Waals surface area contributed by atoms with Crippen LogP contribution in [0.1, 0.15) is 34.6 Å². The monoisotopic (exact) mass is 479 g/mol. The standard InChI is InChI=1S/C23H24Cl2FN3O3/c1-14(2)20(27-21(30)15-6-3-4-9-18(15)26)23(32)29-12-10-28(11-13-29)22(31)16-7-5-8-17(24)19(16)25/h3-9,14,20H,10-13H2,1-2H3,(H,27,30). The van der Waals surface area contributed by atoms with E-state index < -0.39 is 17.8 Å². The van der Waals surface area contributed by atoms with Crippen LogP contribution in [0.25, 0.3) is 0 Å². The lowest BCUT2D eigenvalue weighted by Crippen LogP contribution is -2.57. The van der Waals surface area contributed by atoms with Gasteiger partial charge in [0.15, 0.2) is 0 Å². The zero-order chi connectivity index (χ0) is 23.4. The molecule has 3 rings (SSSR count). The average Bonchev–Trinajstić information content (AvgIpc) is 2.78. The first-order valence-electron chi connectivity index (χ1n) is 10.3. The van der Waals surface area contributed by atoms with Crippen molar-refractivity contribution in [1.29, 1.82) is 0 Å². The summed E-state index contributed by atoms with van der Waals surface area (Å²) in [7, 11) is 0. The predicted octanol–water partition coefficient (Wildman–Crippen LogP) is 3.87. The number of nitrogens with zero attached hydrogens (tertiary/aromatic N) is 2. The van der Waals surface area contributed by atoms with Crippen molar-refractivity contribution in [3.63, 3.8) is 0 Å². The lowest BCUT2D eigenvalue weighted by atomic mass is 10.0. The molecule has 2 aromatic carbocycles. The molecule has 1 N–H and O–H groups in total. The van der Waals surface area contributed by atoms with E-state index in [1.54, 1.807) is 34.1 Å². The quantitative estimate of drug-likeness (QED) is 0.707. The van der Waals surface area contributed by atoms with Gasteiger partial charge in [-0.05, 0) is 30.2 Å². The van der Waals surface area contributed by atoms with E-state index in [9.17, 15) is 18.8 Å². The summed E-state index contributed by atoms with van der Waals surface area (Å²) in [5.74, 6) is -2.01. The largest absolute Gasteiger partial charge is 0.340 e. The second kappa shape index (κ2) is 10.3. The molecule has 0 saturated carbocycles. The van der Waals surface area contributed by atoms with Crippen LogP contribution in [0.5, 0.6) is 0 Å². The maximum atomic E-state index is 13.9. The SMILES string of the molecule is CC(C)C(NC(=O)c1ccccc1F)C(=O)N1CCN(C(=O)c2cccc(Cl)c2Cl)CC1. The first-order valence-corrected chi connectivity index (χ1v) is 11.0. The number of piperazine rings is 1. The summed E-state index contributed by atoms with van der Waals surface area (Å²) in [6.45, 7) is 4.87. The number of carbonyl (C=O) groups excluding carboxylic acids is 3.